The third-order valence-electron chi connectivity index (χ3n) is 6.42. The molecule has 3 aromatic carbocycles. The van der Waals surface area contributed by atoms with Crippen molar-refractivity contribution >= 4 is 54.3 Å². The number of hydrogen-bond donors (Lipinski definition) is 2. The molecule has 0 fully saturated rings. The SMILES string of the molecule is CCCN(CCC)c1ccc2nc(NC(=O)C(Oc3ccc(C=N)cc3)c3ccc(S(=O)(=O)CC)cc3)sc2c1. The number of benzene rings is 3. The number of sulfone groups is 1. The van der Waals surface area contributed by atoms with Crippen molar-refractivity contribution in [2.75, 3.05) is 29.1 Å². The maximum absolute atomic E-state index is 13.6. The van der Waals surface area contributed by atoms with E-state index in [9.17, 15) is 13.2 Å². The van der Waals surface area contributed by atoms with Crippen molar-refractivity contribution in [2.24, 2.45) is 0 Å². The molecule has 2 N–H and O–H groups in total. The van der Waals surface area contributed by atoms with Crippen LogP contribution in [-0.2, 0) is 14.6 Å². The molecule has 0 aliphatic rings. The zero-order chi connectivity index (χ0) is 28.7. The molecule has 1 unspecified atom stereocenters. The van der Waals surface area contributed by atoms with Crippen LogP contribution in [0.4, 0.5) is 10.8 Å². The lowest BCUT2D eigenvalue weighted by Gasteiger charge is -2.23. The van der Waals surface area contributed by atoms with Crippen LogP contribution in [-0.4, -0.2) is 44.4 Å². The molecule has 0 saturated carbocycles. The van der Waals surface area contributed by atoms with Gasteiger partial charge in [0.1, 0.15) is 5.75 Å². The molecule has 0 aliphatic carbocycles. The number of rotatable bonds is 13. The molecule has 210 valence electrons. The van der Waals surface area contributed by atoms with Gasteiger partial charge in [0, 0.05) is 30.6 Å². The summed E-state index contributed by atoms with van der Waals surface area (Å²) in [5.74, 6) is -0.00269. The van der Waals surface area contributed by atoms with E-state index in [2.05, 4.69) is 41.2 Å². The zero-order valence-electron chi connectivity index (χ0n) is 22.9. The Hall–Kier alpha value is -3.76. The molecule has 1 aromatic heterocycles. The number of anilines is 2. The first-order valence-corrected chi connectivity index (χ1v) is 15.8. The fourth-order valence-corrected chi connectivity index (χ4v) is 6.10. The largest absolute Gasteiger partial charge is 0.476 e. The van der Waals surface area contributed by atoms with Crippen molar-refractivity contribution in [3.63, 3.8) is 0 Å². The summed E-state index contributed by atoms with van der Waals surface area (Å²) < 4.78 is 31.7. The lowest BCUT2D eigenvalue weighted by atomic mass is 10.1. The quantitative estimate of drug-likeness (QED) is 0.176. The van der Waals surface area contributed by atoms with Gasteiger partial charge in [0.15, 0.2) is 15.0 Å². The Kier molecular flexibility index (Phi) is 9.54. The Morgan fingerprint density at radius 3 is 2.30 bits per heavy atom. The summed E-state index contributed by atoms with van der Waals surface area (Å²) in [7, 11) is -3.38. The van der Waals surface area contributed by atoms with Crippen molar-refractivity contribution in [3.05, 3.63) is 77.9 Å². The summed E-state index contributed by atoms with van der Waals surface area (Å²) in [5, 5.41) is 10.8. The summed E-state index contributed by atoms with van der Waals surface area (Å²) in [5.41, 5.74) is 3.13. The van der Waals surface area contributed by atoms with E-state index >= 15 is 0 Å². The van der Waals surface area contributed by atoms with E-state index < -0.39 is 21.8 Å². The summed E-state index contributed by atoms with van der Waals surface area (Å²) in [6, 6.07) is 19.1. The molecule has 10 heteroatoms. The Balaban J connectivity index is 1.62. The Labute approximate surface area is 239 Å². The van der Waals surface area contributed by atoms with E-state index in [1.165, 1.54) is 29.7 Å². The minimum Gasteiger partial charge on any atom is -0.476 e. The lowest BCUT2D eigenvalue weighted by molar-refractivity contribution is -0.123. The van der Waals surface area contributed by atoms with Crippen LogP contribution in [0.2, 0.25) is 0 Å². The van der Waals surface area contributed by atoms with Crippen molar-refractivity contribution in [1.29, 1.82) is 5.41 Å². The normalized spacial score (nSPS) is 12.2. The fraction of sp³-hybridized carbons (Fsp3) is 0.300. The standard InChI is InChI=1S/C30H34N4O4S2/c1-4-17-34(18-5-2)23-11-16-26-27(19-23)39-30(32-26)33-29(35)28(38-24-12-7-21(20-31)8-13-24)22-9-14-25(15-10-22)40(36,37)6-3/h7-16,19-20,28,31H,4-6,17-18H2,1-3H3,(H,32,33,35). The maximum Gasteiger partial charge on any atom is 0.271 e. The molecule has 0 radical (unpaired) electrons. The Bertz CT molecular complexity index is 1560. The van der Waals surface area contributed by atoms with Crippen LogP contribution in [0.5, 0.6) is 5.75 Å². The van der Waals surface area contributed by atoms with Crippen molar-refractivity contribution < 1.29 is 17.9 Å². The highest BCUT2D eigenvalue weighted by molar-refractivity contribution is 7.91. The van der Waals surface area contributed by atoms with Crippen LogP contribution in [0.15, 0.2) is 71.6 Å². The highest BCUT2D eigenvalue weighted by Gasteiger charge is 2.25. The second-order valence-electron chi connectivity index (χ2n) is 9.33. The van der Waals surface area contributed by atoms with Crippen LogP contribution >= 0.6 is 11.3 Å². The molecule has 1 atom stereocenters. The van der Waals surface area contributed by atoms with Gasteiger partial charge in [-0.25, -0.2) is 13.4 Å². The van der Waals surface area contributed by atoms with Gasteiger partial charge in [-0.15, -0.1) is 0 Å². The molecule has 1 amide bonds. The number of nitrogens with zero attached hydrogens (tertiary/aromatic N) is 2. The second kappa shape index (κ2) is 13.1. The number of nitrogens with one attached hydrogen (secondary N) is 2. The topological polar surface area (TPSA) is 112 Å². The van der Waals surface area contributed by atoms with Crippen molar-refractivity contribution in [3.8, 4) is 5.75 Å². The van der Waals surface area contributed by atoms with Crippen LogP contribution < -0.4 is 15.0 Å². The number of carbonyl (C=O) groups is 1. The van der Waals surface area contributed by atoms with Gasteiger partial charge in [0.2, 0.25) is 6.10 Å². The number of thiazole rings is 1. The molecule has 1 heterocycles. The highest BCUT2D eigenvalue weighted by Crippen LogP contribution is 2.32. The van der Waals surface area contributed by atoms with E-state index in [0.29, 0.717) is 22.0 Å². The van der Waals surface area contributed by atoms with Crippen LogP contribution in [0.3, 0.4) is 0 Å². The molecule has 0 saturated heterocycles. The van der Waals surface area contributed by atoms with Gasteiger partial charge >= 0.3 is 0 Å². The summed E-state index contributed by atoms with van der Waals surface area (Å²) in [4.78, 5) is 20.7. The number of amides is 1. The number of ether oxygens (including phenoxy) is 1. The van der Waals surface area contributed by atoms with Gasteiger partial charge < -0.3 is 15.0 Å². The number of fused-ring (bicyclic) bond motifs is 1. The minimum absolute atomic E-state index is 0.0138. The first kappa shape index (κ1) is 29.2. The molecule has 4 rings (SSSR count). The minimum atomic E-state index is -3.38. The summed E-state index contributed by atoms with van der Waals surface area (Å²) >= 11 is 1.40. The smallest absolute Gasteiger partial charge is 0.271 e. The predicted molar refractivity (Wildman–Crippen MR) is 163 cm³/mol. The fourth-order valence-electron chi connectivity index (χ4n) is 4.31. The molecular weight excluding hydrogens is 544 g/mol. The average Bonchev–Trinajstić information content (AvgIpc) is 3.37. The van der Waals surface area contributed by atoms with Gasteiger partial charge in [-0.2, -0.15) is 0 Å². The maximum atomic E-state index is 13.6. The van der Waals surface area contributed by atoms with Gasteiger partial charge in [0.25, 0.3) is 5.91 Å². The Morgan fingerprint density at radius 2 is 1.70 bits per heavy atom. The highest BCUT2D eigenvalue weighted by atomic mass is 32.2. The zero-order valence-corrected chi connectivity index (χ0v) is 24.5. The molecule has 8 nitrogen and oxygen atoms in total. The van der Waals surface area contributed by atoms with Gasteiger partial charge in [-0.05, 0) is 73.0 Å². The lowest BCUT2D eigenvalue weighted by Crippen LogP contribution is -2.25. The molecular formula is C30H34N4O4S2. The third-order valence-corrected chi connectivity index (χ3v) is 9.10. The van der Waals surface area contributed by atoms with Gasteiger partial charge in [-0.1, -0.05) is 44.2 Å². The monoisotopic (exact) mass is 578 g/mol. The van der Waals surface area contributed by atoms with E-state index in [-0.39, 0.29) is 10.6 Å². The summed E-state index contributed by atoms with van der Waals surface area (Å²) in [6.07, 6.45) is 2.28. The molecule has 40 heavy (non-hydrogen) atoms. The van der Waals surface area contributed by atoms with Crippen LogP contribution in [0.25, 0.3) is 10.2 Å². The van der Waals surface area contributed by atoms with Crippen LogP contribution in [0, 0.1) is 5.41 Å². The second-order valence-corrected chi connectivity index (χ2v) is 12.6. The molecule has 0 spiro atoms. The van der Waals surface area contributed by atoms with E-state index in [4.69, 9.17) is 10.1 Å². The van der Waals surface area contributed by atoms with Gasteiger partial charge in [-0.3, -0.25) is 10.1 Å². The molecule has 0 bridgehead atoms. The van der Waals surface area contributed by atoms with Gasteiger partial charge in [0.05, 0.1) is 20.9 Å². The average molecular weight is 579 g/mol. The molecule has 0 aliphatic heterocycles. The molecule has 4 aromatic rings. The first-order valence-electron chi connectivity index (χ1n) is 13.3. The third kappa shape index (κ3) is 6.86. The number of hydrogen-bond acceptors (Lipinski definition) is 8. The number of carbonyl (C=O) groups excluding carboxylic acids is 1. The van der Waals surface area contributed by atoms with E-state index in [1.54, 1.807) is 43.3 Å². The number of aromatic nitrogens is 1. The van der Waals surface area contributed by atoms with Crippen LogP contribution in [0.1, 0.15) is 50.8 Å². The Morgan fingerprint density at radius 1 is 1.02 bits per heavy atom. The van der Waals surface area contributed by atoms with Crippen molar-refractivity contribution in [1.82, 2.24) is 4.98 Å². The van der Waals surface area contributed by atoms with E-state index in [0.717, 1.165) is 41.8 Å². The summed E-state index contributed by atoms with van der Waals surface area (Å²) in [6.45, 7) is 7.86. The van der Waals surface area contributed by atoms with E-state index in [1.807, 2.05) is 6.07 Å². The first-order chi connectivity index (χ1) is 19.3. The van der Waals surface area contributed by atoms with Crippen molar-refractivity contribution in [2.45, 2.75) is 44.6 Å². The predicted octanol–water partition coefficient (Wildman–Crippen LogP) is 6.47.